The Kier molecular flexibility index (Phi) is 5.72. The smallest absolute Gasteiger partial charge is 0.254 e. The van der Waals surface area contributed by atoms with E-state index in [1.807, 2.05) is 40.7 Å². The molecule has 8 nitrogen and oxygen atoms in total. The maximum Gasteiger partial charge on any atom is 0.254 e. The number of furan rings is 1. The van der Waals surface area contributed by atoms with Crippen LogP contribution in [0.15, 0.2) is 22.7 Å². The van der Waals surface area contributed by atoms with E-state index < -0.39 is 5.91 Å². The summed E-state index contributed by atoms with van der Waals surface area (Å²) in [6.45, 7) is 10.4. The van der Waals surface area contributed by atoms with E-state index in [-0.39, 0.29) is 24.9 Å². The summed E-state index contributed by atoms with van der Waals surface area (Å²) >= 11 is 0. The fraction of sp³-hybridized carbons (Fsp3) is 0.429. The van der Waals surface area contributed by atoms with E-state index in [0.717, 1.165) is 17.1 Å². The molecule has 0 atom stereocenters. The molecule has 0 aliphatic heterocycles. The van der Waals surface area contributed by atoms with Crippen molar-refractivity contribution in [1.29, 1.82) is 0 Å². The largest absolute Gasteiger partial charge is 0.466 e. The van der Waals surface area contributed by atoms with Crippen molar-refractivity contribution in [3.05, 3.63) is 35.4 Å². The Hall–Kier alpha value is -3.16. The van der Waals surface area contributed by atoms with Crippen molar-refractivity contribution >= 4 is 22.8 Å². The molecule has 0 radical (unpaired) electrons. The number of aryl methyl sites for hydroxylation is 2. The second kappa shape index (κ2) is 8.06. The van der Waals surface area contributed by atoms with Crippen LogP contribution in [-0.4, -0.2) is 44.6 Å². The van der Waals surface area contributed by atoms with Crippen LogP contribution >= 0.6 is 0 Å². The maximum atomic E-state index is 13.3. The molecule has 0 aliphatic carbocycles. The summed E-state index contributed by atoms with van der Waals surface area (Å²) in [5, 5.41) is 5.13. The van der Waals surface area contributed by atoms with Gasteiger partial charge in [-0.2, -0.15) is 5.10 Å². The third-order valence-corrected chi connectivity index (χ3v) is 4.90. The van der Waals surface area contributed by atoms with Crippen molar-refractivity contribution < 1.29 is 14.0 Å². The number of carbonyl (C=O) groups excluding carboxylic acids is 2. The van der Waals surface area contributed by atoms with Crippen molar-refractivity contribution in [2.45, 2.75) is 47.1 Å². The molecule has 0 bridgehead atoms. The summed E-state index contributed by atoms with van der Waals surface area (Å²) in [6.07, 6.45) is 1.79. The van der Waals surface area contributed by atoms with Crippen LogP contribution in [-0.2, 0) is 4.79 Å². The first-order valence-corrected chi connectivity index (χ1v) is 9.76. The quantitative estimate of drug-likeness (QED) is 0.659. The number of amides is 2. The molecular weight excluding hydrogens is 370 g/mol. The van der Waals surface area contributed by atoms with Crippen molar-refractivity contribution in [1.82, 2.24) is 19.7 Å². The van der Waals surface area contributed by atoms with Gasteiger partial charge in [-0.15, -0.1) is 0 Å². The molecule has 3 aromatic heterocycles. The zero-order valence-corrected chi connectivity index (χ0v) is 17.5. The molecule has 8 heteroatoms. The summed E-state index contributed by atoms with van der Waals surface area (Å²) in [5.74, 6) is 0.906. The number of rotatable bonds is 7. The fourth-order valence-electron chi connectivity index (χ4n) is 3.41. The minimum absolute atomic E-state index is 0.0857. The van der Waals surface area contributed by atoms with Gasteiger partial charge in [-0.1, -0.05) is 0 Å². The van der Waals surface area contributed by atoms with Gasteiger partial charge in [0, 0.05) is 31.1 Å². The van der Waals surface area contributed by atoms with Gasteiger partial charge in [-0.05, 0) is 46.8 Å². The Morgan fingerprint density at radius 3 is 2.55 bits per heavy atom. The Morgan fingerprint density at radius 2 is 2.00 bits per heavy atom. The van der Waals surface area contributed by atoms with E-state index in [9.17, 15) is 9.59 Å². The third-order valence-electron chi connectivity index (χ3n) is 4.90. The summed E-state index contributed by atoms with van der Waals surface area (Å²) in [4.78, 5) is 31.0. The Bertz CT molecular complexity index is 1060. The number of pyridine rings is 1. The van der Waals surface area contributed by atoms with Gasteiger partial charge in [0.15, 0.2) is 5.65 Å². The lowest BCUT2D eigenvalue weighted by molar-refractivity contribution is -0.118. The number of nitrogens with zero attached hydrogens (tertiary/aromatic N) is 4. The summed E-state index contributed by atoms with van der Waals surface area (Å²) in [7, 11) is 0. The van der Waals surface area contributed by atoms with E-state index in [2.05, 4.69) is 5.10 Å². The summed E-state index contributed by atoms with van der Waals surface area (Å²) in [6, 6.07) is 3.78. The molecule has 3 rings (SSSR count). The van der Waals surface area contributed by atoms with Crippen molar-refractivity contribution in [2.24, 2.45) is 5.73 Å². The lowest BCUT2D eigenvalue weighted by atomic mass is 10.1. The van der Waals surface area contributed by atoms with Crippen LogP contribution in [0.2, 0.25) is 0 Å². The Labute approximate surface area is 169 Å². The van der Waals surface area contributed by atoms with Crippen LogP contribution in [0.4, 0.5) is 0 Å². The number of aromatic nitrogens is 3. The van der Waals surface area contributed by atoms with E-state index in [0.29, 0.717) is 28.8 Å². The molecule has 3 aromatic rings. The normalized spacial score (nSPS) is 11.4. The van der Waals surface area contributed by atoms with Crippen molar-refractivity contribution in [3.63, 3.8) is 0 Å². The first kappa shape index (κ1) is 20.6. The molecular formula is C21H27N5O3. The van der Waals surface area contributed by atoms with E-state index in [1.165, 1.54) is 0 Å². The monoisotopic (exact) mass is 397 g/mol. The van der Waals surface area contributed by atoms with Crippen LogP contribution in [0.1, 0.15) is 55.1 Å². The van der Waals surface area contributed by atoms with E-state index in [1.54, 1.807) is 21.8 Å². The second-order valence-electron chi connectivity index (χ2n) is 7.40. The van der Waals surface area contributed by atoms with Crippen LogP contribution < -0.4 is 5.73 Å². The predicted molar refractivity (Wildman–Crippen MR) is 110 cm³/mol. The van der Waals surface area contributed by atoms with Gasteiger partial charge in [0.25, 0.3) is 5.91 Å². The second-order valence-corrected chi connectivity index (χ2v) is 7.40. The van der Waals surface area contributed by atoms with Crippen LogP contribution in [0.3, 0.4) is 0 Å². The highest BCUT2D eigenvalue weighted by molar-refractivity contribution is 6.06. The van der Waals surface area contributed by atoms with E-state index in [4.69, 9.17) is 15.1 Å². The van der Waals surface area contributed by atoms with Gasteiger partial charge in [0.2, 0.25) is 5.91 Å². The standard InChI is InChI=1S/C21H27N5O3/c1-6-25(8-7-19(22)27)21(28)16-10-18(15-9-13(4)29-14(15)5)24-20-17(16)11-23-26(20)12(2)3/h9-12H,6-8H2,1-5H3,(H2,22,27). The maximum absolute atomic E-state index is 13.3. The highest BCUT2D eigenvalue weighted by Crippen LogP contribution is 2.30. The average molecular weight is 397 g/mol. The molecule has 29 heavy (non-hydrogen) atoms. The molecule has 0 unspecified atom stereocenters. The number of fused-ring (bicyclic) bond motifs is 1. The molecule has 154 valence electrons. The molecule has 2 amide bonds. The van der Waals surface area contributed by atoms with Gasteiger partial charge in [0.05, 0.1) is 22.8 Å². The fourth-order valence-corrected chi connectivity index (χ4v) is 3.41. The summed E-state index contributed by atoms with van der Waals surface area (Å²) < 4.78 is 7.47. The molecule has 2 N–H and O–H groups in total. The van der Waals surface area contributed by atoms with Crippen LogP contribution in [0, 0.1) is 13.8 Å². The highest BCUT2D eigenvalue weighted by Gasteiger charge is 2.23. The number of primary amides is 1. The van der Waals surface area contributed by atoms with Gasteiger partial charge in [0.1, 0.15) is 11.5 Å². The number of hydrogen-bond donors (Lipinski definition) is 1. The predicted octanol–water partition coefficient (Wildman–Crippen LogP) is 3.23. The number of carbonyl (C=O) groups is 2. The highest BCUT2D eigenvalue weighted by atomic mass is 16.3. The SMILES string of the molecule is CCN(CCC(N)=O)C(=O)c1cc(-c2cc(C)oc2C)nc2c1cnn2C(C)C. The number of hydrogen-bond acceptors (Lipinski definition) is 5. The van der Waals surface area contributed by atoms with Gasteiger partial charge in [-0.3, -0.25) is 9.59 Å². The van der Waals surface area contributed by atoms with Gasteiger partial charge >= 0.3 is 0 Å². The first-order chi connectivity index (χ1) is 13.7. The first-order valence-electron chi connectivity index (χ1n) is 9.76. The third kappa shape index (κ3) is 4.01. The molecule has 0 fully saturated rings. The molecule has 0 spiro atoms. The van der Waals surface area contributed by atoms with Crippen LogP contribution in [0.25, 0.3) is 22.3 Å². The van der Waals surface area contributed by atoms with Crippen molar-refractivity contribution in [2.75, 3.05) is 13.1 Å². The Balaban J connectivity index is 2.18. The Morgan fingerprint density at radius 1 is 1.28 bits per heavy atom. The lowest BCUT2D eigenvalue weighted by Crippen LogP contribution is -2.34. The zero-order chi connectivity index (χ0) is 21.3. The van der Waals surface area contributed by atoms with Gasteiger partial charge < -0.3 is 15.1 Å². The number of nitrogens with two attached hydrogens (primary N) is 1. The molecule has 0 saturated carbocycles. The topological polar surface area (TPSA) is 107 Å². The average Bonchev–Trinajstić information content (AvgIpc) is 3.23. The van der Waals surface area contributed by atoms with Crippen LogP contribution in [0.5, 0.6) is 0 Å². The summed E-state index contributed by atoms with van der Waals surface area (Å²) in [5.41, 5.74) is 7.91. The minimum atomic E-state index is -0.436. The zero-order valence-electron chi connectivity index (χ0n) is 17.5. The minimum Gasteiger partial charge on any atom is -0.466 e. The van der Waals surface area contributed by atoms with Gasteiger partial charge in [-0.25, -0.2) is 9.67 Å². The lowest BCUT2D eigenvalue weighted by Gasteiger charge is -2.21. The molecule has 0 aromatic carbocycles. The van der Waals surface area contributed by atoms with E-state index >= 15 is 0 Å². The molecule has 0 saturated heterocycles. The molecule has 3 heterocycles. The molecule has 0 aliphatic rings. The van der Waals surface area contributed by atoms with Crippen molar-refractivity contribution in [3.8, 4) is 11.3 Å².